The summed E-state index contributed by atoms with van der Waals surface area (Å²) in [5, 5.41) is 4.52. The van der Waals surface area contributed by atoms with Crippen LogP contribution < -0.4 is 5.32 Å². The number of hydrogen-bond acceptors (Lipinski definition) is 2. The van der Waals surface area contributed by atoms with E-state index >= 15 is 0 Å². The molecule has 0 aliphatic heterocycles. The summed E-state index contributed by atoms with van der Waals surface area (Å²) in [5.41, 5.74) is 0.836. The van der Waals surface area contributed by atoms with Gasteiger partial charge in [-0.05, 0) is 17.7 Å². The van der Waals surface area contributed by atoms with E-state index in [1.165, 1.54) is 0 Å². The molecule has 0 atom stereocenters. The first-order valence-corrected chi connectivity index (χ1v) is 7.35. The van der Waals surface area contributed by atoms with E-state index in [1.807, 2.05) is 0 Å². The molecule has 18 heavy (non-hydrogen) atoms. The summed E-state index contributed by atoms with van der Waals surface area (Å²) in [5.74, 6) is -0.0594. The second kappa shape index (κ2) is 8.75. The molecular weight excluding hydrogens is 341 g/mol. The molecule has 1 N–H and O–H groups in total. The summed E-state index contributed by atoms with van der Waals surface area (Å²) in [6.45, 7) is 1.66. The maximum absolute atomic E-state index is 11.6. The van der Waals surface area contributed by atoms with Crippen molar-refractivity contribution in [3.05, 3.63) is 33.8 Å². The van der Waals surface area contributed by atoms with Crippen molar-refractivity contribution < 1.29 is 9.53 Å². The second-order valence-electron chi connectivity index (χ2n) is 3.58. The maximum Gasteiger partial charge on any atom is 0.224 e. The Morgan fingerprint density at radius 2 is 2.06 bits per heavy atom. The van der Waals surface area contributed by atoms with E-state index < -0.39 is 0 Å². The third-order valence-electron chi connectivity index (χ3n) is 2.14. The highest BCUT2D eigenvalue weighted by atomic mass is 79.9. The number of hydrogen-bond donors (Lipinski definition) is 1. The average molecular weight is 355 g/mol. The average Bonchev–Trinajstić information content (AvgIpc) is 2.34. The van der Waals surface area contributed by atoms with Gasteiger partial charge in [0.15, 0.2) is 0 Å². The largest absolute Gasteiger partial charge is 0.379 e. The van der Waals surface area contributed by atoms with Crippen molar-refractivity contribution in [3.63, 3.8) is 0 Å². The summed E-state index contributed by atoms with van der Waals surface area (Å²) < 4.78 is 5.22. The fourth-order valence-electron chi connectivity index (χ4n) is 1.32. The molecule has 1 aromatic rings. The van der Waals surface area contributed by atoms with Crippen LogP contribution in [0.4, 0.5) is 0 Å². The first kappa shape index (κ1) is 15.8. The zero-order valence-corrected chi connectivity index (χ0v) is 12.8. The fraction of sp³-hybridized carbons (Fsp3) is 0.417. The molecule has 0 spiro atoms. The van der Waals surface area contributed by atoms with E-state index in [-0.39, 0.29) is 12.3 Å². The Morgan fingerprint density at radius 3 is 2.72 bits per heavy atom. The van der Waals surface area contributed by atoms with E-state index in [1.54, 1.807) is 18.2 Å². The lowest BCUT2D eigenvalue weighted by Crippen LogP contribution is -2.28. The number of carbonyl (C=O) groups is 1. The molecule has 0 bridgehead atoms. The molecule has 0 saturated heterocycles. The third kappa shape index (κ3) is 6.05. The molecule has 0 aliphatic rings. The van der Waals surface area contributed by atoms with Crippen molar-refractivity contribution in [1.82, 2.24) is 5.32 Å². The number of halogens is 3. The summed E-state index contributed by atoms with van der Waals surface area (Å²) >= 11 is 14.9. The Hall–Kier alpha value is -0.290. The number of carbonyl (C=O) groups excluding carboxylic acids is 1. The van der Waals surface area contributed by atoms with Gasteiger partial charge in [0.05, 0.1) is 29.7 Å². The van der Waals surface area contributed by atoms with Crippen LogP contribution in [0.2, 0.25) is 10.0 Å². The molecule has 0 unspecified atom stereocenters. The van der Waals surface area contributed by atoms with Crippen LogP contribution in [0.15, 0.2) is 18.2 Å². The topological polar surface area (TPSA) is 38.3 Å². The quantitative estimate of drug-likeness (QED) is 0.603. The molecule has 1 rings (SSSR count). The van der Waals surface area contributed by atoms with Gasteiger partial charge >= 0.3 is 0 Å². The van der Waals surface area contributed by atoms with Crippen molar-refractivity contribution in [2.24, 2.45) is 0 Å². The van der Waals surface area contributed by atoms with E-state index in [0.29, 0.717) is 29.8 Å². The molecule has 0 saturated carbocycles. The van der Waals surface area contributed by atoms with Crippen LogP contribution in [0.1, 0.15) is 5.56 Å². The van der Waals surface area contributed by atoms with Gasteiger partial charge in [-0.2, -0.15) is 0 Å². The van der Waals surface area contributed by atoms with Gasteiger partial charge in [0.25, 0.3) is 0 Å². The Morgan fingerprint density at radius 1 is 1.28 bits per heavy atom. The van der Waals surface area contributed by atoms with Gasteiger partial charge < -0.3 is 10.1 Å². The van der Waals surface area contributed by atoms with Gasteiger partial charge in [-0.3, -0.25) is 4.79 Å². The normalized spacial score (nSPS) is 10.4. The van der Waals surface area contributed by atoms with E-state index in [9.17, 15) is 4.79 Å². The van der Waals surface area contributed by atoms with Crippen molar-refractivity contribution in [1.29, 1.82) is 0 Å². The lowest BCUT2D eigenvalue weighted by molar-refractivity contribution is -0.120. The summed E-state index contributed by atoms with van der Waals surface area (Å²) in [4.78, 5) is 11.6. The molecule has 0 aliphatic carbocycles. The molecule has 0 radical (unpaired) electrons. The Balaban J connectivity index is 2.29. The number of nitrogens with one attached hydrogen (secondary N) is 1. The highest BCUT2D eigenvalue weighted by Gasteiger charge is 2.05. The van der Waals surface area contributed by atoms with Crippen LogP contribution in [-0.4, -0.2) is 31.0 Å². The molecule has 100 valence electrons. The van der Waals surface area contributed by atoms with Crippen molar-refractivity contribution in [2.75, 3.05) is 25.1 Å². The molecule has 3 nitrogen and oxygen atoms in total. The van der Waals surface area contributed by atoms with E-state index in [4.69, 9.17) is 27.9 Å². The minimum Gasteiger partial charge on any atom is -0.379 e. The zero-order chi connectivity index (χ0) is 13.4. The Labute approximate surface area is 125 Å². The van der Waals surface area contributed by atoms with Crippen LogP contribution in [0.3, 0.4) is 0 Å². The first-order valence-electron chi connectivity index (χ1n) is 5.48. The summed E-state index contributed by atoms with van der Waals surface area (Å²) in [6.07, 6.45) is 0.287. The number of amides is 1. The molecule has 1 amide bonds. The predicted octanol–water partition coefficient (Wildman–Crippen LogP) is 3.06. The predicted molar refractivity (Wildman–Crippen MR) is 77.8 cm³/mol. The van der Waals surface area contributed by atoms with Gasteiger partial charge in [0, 0.05) is 11.9 Å². The van der Waals surface area contributed by atoms with Crippen molar-refractivity contribution >= 4 is 45.0 Å². The molecule has 0 heterocycles. The van der Waals surface area contributed by atoms with Crippen molar-refractivity contribution in [3.8, 4) is 0 Å². The van der Waals surface area contributed by atoms with E-state index in [0.717, 1.165) is 10.9 Å². The number of ether oxygens (including phenoxy) is 1. The fourth-order valence-corrected chi connectivity index (χ4v) is 1.87. The SMILES string of the molecule is O=C(Cc1ccc(Cl)c(Cl)c1)NCCOCCBr. The number of alkyl halides is 1. The van der Waals surface area contributed by atoms with Crippen LogP contribution in [0, 0.1) is 0 Å². The van der Waals surface area contributed by atoms with Gasteiger partial charge in [0.1, 0.15) is 0 Å². The number of rotatable bonds is 7. The molecular formula is C12H14BrCl2NO2. The smallest absolute Gasteiger partial charge is 0.224 e. The lowest BCUT2D eigenvalue weighted by atomic mass is 10.1. The van der Waals surface area contributed by atoms with Crippen LogP contribution in [-0.2, 0) is 16.0 Å². The maximum atomic E-state index is 11.6. The highest BCUT2D eigenvalue weighted by Crippen LogP contribution is 2.22. The third-order valence-corrected chi connectivity index (χ3v) is 3.20. The van der Waals surface area contributed by atoms with Gasteiger partial charge in [0.2, 0.25) is 5.91 Å². The molecule has 1 aromatic carbocycles. The van der Waals surface area contributed by atoms with Crippen LogP contribution in [0.5, 0.6) is 0 Å². The zero-order valence-electron chi connectivity index (χ0n) is 9.72. The van der Waals surface area contributed by atoms with Crippen molar-refractivity contribution in [2.45, 2.75) is 6.42 Å². The summed E-state index contributed by atoms with van der Waals surface area (Å²) in [6, 6.07) is 5.17. The van der Waals surface area contributed by atoms with Gasteiger partial charge in [-0.25, -0.2) is 0 Å². The molecule has 0 fully saturated rings. The van der Waals surface area contributed by atoms with Crippen LogP contribution in [0.25, 0.3) is 0 Å². The summed E-state index contributed by atoms with van der Waals surface area (Å²) in [7, 11) is 0. The highest BCUT2D eigenvalue weighted by molar-refractivity contribution is 9.09. The van der Waals surface area contributed by atoms with Crippen LogP contribution >= 0.6 is 39.1 Å². The Bertz CT molecular complexity index is 402. The minimum absolute atomic E-state index is 0.0594. The standard InChI is InChI=1S/C12H14BrCl2NO2/c13-3-5-18-6-4-16-12(17)8-9-1-2-10(14)11(15)7-9/h1-2,7H,3-6,8H2,(H,16,17). The number of benzene rings is 1. The van der Waals surface area contributed by atoms with E-state index in [2.05, 4.69) is 21.2 Å². The molecule has 6 heteroatoms. The second-order valence-corrected chi connectivity index (χ2v) is 5.18. The molecule has 0 aromatic heterocycles. The monoisotopic (exact) mass is 353 g/mol. The van der Waals surface area contributed by atoms with Gasteiger partial charge in [-0.1, -0.05) is 45.2 Å². The lowest BCUT2D eigenvalue weighted by Gasteiger charge is -2.06. The van der Waals surface area contributed by atoms with Gasteiger partial charge in [-0.15, -0.1) is 0 Å². The first-order chi connectivity index (χ1) is 8.63. The Kier molecular flexibility index (Phi) is 7.66. The minimum atomic E-state index is -0.0594.